The third-order valence-corrected chi connectivity index (χ3v) is 3.90. The Morgan fingerprint density at radius 1 is 1.17 bits per heavy atom. The summed E-state index contributed by atoms with van der Waals surface area (Å²) in [5.41, 5.74) is 1.90. The molecule has 2 N–H and O–H groups in total. The standard InChI is InChI=1S/C13H22ClN3O/c1-5-10(6-2)11(18)7-15-13-9(4)8(3)12(14)16-17-13/h10-11,18H,5-7H2,1-4H3,(H,15,17). The van der Waals surface area contributed by atoms with E-state index in [0.717, 1.165) is 24.0 Å². The average Bonchev–Trinajstić information content (AvgIpc) is 2.36. The van der Waals surface area contributed by atoms with Crippen LogP contribution in [-0.2, 0) is 0 Å². The van der Waals surface area contributed by atoms with Crippen LogP contribution in [0.2, 0.25) is 5.15 Å². The van der Waals surface area contributed by atoms with E-state index in [1.807, 2.05) is 13.8 Å². The molecule has 1 rings (SSSR count). The number of aliphatic hydroxyl groups is 1. The normalized spacial score (nSPS) is 12.8. The van der Waals surface area contributed by atoms with E-state index in [9.17, 15) is 5.11 Å². The summed E-state index contributed by atoms with van der Waals surface area (Å²) < 4.78 is 0. The van der Waals surface area contributed by atoms with Crippen LogP contribution in [0.4, 0.5) is 5.82 Å². The van der Waals surface area contributed by atoms with Gasteiger partial charge < -0.3 is 10.4 Å². The molecule has 1 aromatic rings. The van der Waals surface area contributed by atoms with E-state index < -0.39 is 0 Å². The van der Waals surface area contributed by atoms with Gasteiger partial charge in [-0.3, -0.25) is 0 Å². The van der Waals surface area contributed by atoms with Gasteiger partial charge in [-0.25, -0.2) is 0 Å². The maximum absolute atomic E-state index is 10.0. The number of rotatable bonds is 6. The summed E-state index contributed by atoms with van der Waals surface area (Å²) in [4.78, 5) is 0. The number of nitrogens with one attached hydrogen (secondary N) is 1. The summed E-state index contributed by atoms with van der Waals surface area (Å²) in [5, 5.41) is 21.5. The Morgan fingerprint density at radius 3 is 2.33 bits per heavy atom. The van der Waals surface area contributed by atoms with E-state index in [1.54, 1.807) is 0 Å². The summed E-state index contributed by atoms with van der Waals surface area (Å²) in [7, 11) is 0. The number of hydrogen-bond donors (Lipinski definition) is 2. The van der Waals surface area contributed by atoms with Crippen LogP contribution < -0.4 is 5.32 Å². The van der Waals surface area contributed by atoms with Crippen molar-refractivity contribution >= 4 is 17.4 Å². The van der Waals surface area contributed by atoms with Gasteiger partial charge in [-0.05, 0) is 30.9 Å². The van der Waals surface area contributed by atoms with E-state index in [-0.39, 0.29) is 6.10 Å². The summed E-state index contributed by atoms with van der Waals surface area (Å²) >= 11 is 5.89. The second-order valence-electron chi connectivity index (χ2n) is 4.61. The van der Waals surface area contributed by atoms with Crippen molar-refractivity contribution in [3.05, 3.63) is 16.3 Å². The van der Waals surface area contributed by atoms with E-state index in [4.69, 9.17) is 11.6 Å². The van der Waals surface area contributed by atoms with E-state index in [1.165, 1.54) is 0 Å². The number of aromatic nitrogens is 2. The van der Waals surface area contributed by atoms with Gasteiger partial charge in [-0.1, -0.05) is 38.3 Å². The van der Waals surface area contributed by atoms with Crippen molar-refractivity contribution < 1.29 is 5.11 Å². The molecule has 0 saturated carbocycles. The molecule has 4 nitrogen and oxygen atoms in total. The van der Waals surface area contributed by atoms with Crippen molar-refractivity contribution in [1.82, 2.24) is 10.2 Å². The Balaban J connectivity index is 2.67. The largest absolute Gasteiger partial charge is 0.391 e. The Bertz CT molecular complexity index is 394. The van der Waals surface area contributed by atoms with Crippen molar-refractivity contribution in [1.29, 1.82) is 0 Å². The second kappa shape index (κ2) is 6.90. The zero-order valence-corrected chi connectivity index (χ0v) is 12.3. The van der Waals surface area contributed by atoms with Gasteiger partial charge in [0.25, 0.3) is 0 Å². The zero-order valence-electron chi connectivity index (χ0n) is 11.5. The predicted octanol–water partition coefficient (Wildman–Crippen LogP) is 2.96. The molecule has 102 valence electrons. The van der Waals surface area contributed by atoms with Crippen LogP contribution in [0.1, 0.15) is 37.8 Å². The molecule has 1 heterocycles. The summed E-state index contributed by atoms with van der Waals surface area (Å²) in [6, 6.07) is 0. The lowest BCUT2D eigenvalue weighted by Crippen LogP contribution is -2.28. The molecule has 0 amide bonds. The Kier molecular flexibility index (Phi) is 5.82. The van der Waals surface area contributed by atoms with Crippen LogP contribution >= 0.6 is 11.6 Å². The Hall–Kier alpha value is -0.870. The third kappa shape index (κ3) is 3.56. The minimum atomic E-state index is -0.364. The third-order valence-electron chi connectivity index (χ3n) is 3.54. The fraction of sp³-hybridized carbons (Fsp3) is 0.692. The van der Waals surface area contributed by atoms with Crippen molar-refractivity contribution in [3.63, 3.8) is 0 Å². The van der Waals surface area contributed by atoms with Gasteiger partial charge >= 0.3 is 0 Å². The van der Waals surface area contributed by atoms with E-state index in [2.05, 4.69) is 29.4 Å². The van der Waals surface area contributed by atoms with Crippen molar-refractivity contribution in [2.75, 3.05) is 11.9 Å². The van der Waals surface area contributed by atoms with Crippen molar-refractivity contribution in [2.45, 2.75) is 46.6 Å². The quantitative estimate of drug-likeness (QED) is 0.835. The van der Waals surface area contributed by atoms with Crippen LogP contribution in [0.5, 0.6) is 0 Å². The first-order valence-electron chi connectivity index (χ1n) is 6.42. The van der Waals surface area contributed by atoms with Gasteiger partial charge in [0.15, 0.2) is 11.0 Å². The monoisotopic (exact) mass is 271 g/mol. The fourth-order valence-corrected chi connectivity index (χ4v) is 2.12. The number of halogens is 1. The topological polar surface area (TPSA) is 58.0 Å². The minimum Gasteiger partial charge on any atom is -0.391 e. The molecule has 0 saturated heterocycles. The van der Waals surface area contributed by atoms with Gasteiger partial charge in [0.1, 0.15) is 0 Å². The molecule has 0 bridgehead atoms. The van der Waals surface area contributed by atoms with E-state index in [0.29, 0.717) is 23.4 Å². The number of anilines is 1. The average molecular weight is 272 g/mol. The van der Waals surface area contributed by atoms with Gasteiger partial charge in [0.05, 0.1) is 6.10 Å². The summed E-state index contributed by atoms with van der Waals surface area (Å²) in [5.74, 6) is 1.01. The lowest BCUT2D eigenvalue weighted by Gasteiger charge is -2.21. The molecule has 0 aromatic carbocycles. The van der Waals surface area contributed by atoms with Crippen LogP contribution in [0.25, 0.3) is 0 Å². The molecule has 1 unspecified atom stereocenters. The highest BCUT2D eigenvalue weighted by Crippen LogP contribution is 2.21. The molecule has 0 fully saturated rings. The number of nitrogens with zero attached hydrogens (tertiary/aromatic N) is 2. The fourth-order valence-electron chi connectivity index (χ4n) is 1.94. The number of hydrogen-bond acceptors (Lipinski definition) is 4. The molecule has 0 spiro atoms. The highest BCUT2D eigenvalue weighted by Gasteiger charge is 2.16. The molecule has 0 aliphatic rings. The summed E-state index contributed by atoms with van der Waals surface area (Å²) in [6.07, 6.45) is 1.59. The molecule has 18 heavy (non-hydrogen) atoms. The smallest absolute Gasteiger partial charge is 0.155 e. The molecule has 0 radical (unpaired) electrons. The predicted molar refractivity (Wildman–Crippen MR) is 75.1 cm³/mol. The van der Waals surface area contributed by atoms with Gasteiger partial charge in [0.2, 0.25) is 0 Å². The van der Waals surface area contributed by atoms with Gasteiger partial charge in [0, 0.05) is 6.54 Å². The maximum atomic E-state index is 10.0. The molecule has 0 aliphatic carbocycles. The van der Waals surface area contributed by atoms with Crippen LogP contribution in [0.3, 0.4) is 0 Å². The molecular formula is C13H22ClN3O. The molecule has 0 aliphatic heterocycles. The Morgan fingerprint density at radius 2 is 1.78 bits per heavy atom. The van der Waals surface area contributed by atoms with Crippen molar-refractivity contribution in [2.24, 2.45) is 5.92 Å². The van der Waals surface area contributed by atoms with Crippen LogP contribution in [0.15, 0.2) is 0 Å². The van der Waals surface area contributed by atoms with Crippen LogP contribution in [0, 0.1) is 19.8 Å². The Labute approximate surface area is 114 Å². The number of aliphatic hydroxyl groups excluding tert-OH is 1. The molecule has 1 atom stereocenters. The zero-order chi connectivity index (χ0) is 13.7. The van der Waals surface area contributed by atoms with Gasteiger partial charge in [-0.15, -0.1) is 10.2 Å². The minimum absolute atomic E-state index is 0.319. The molecular weight excluding hydrogens is 250 g/mol. The lowest BCUT2D eigenvalue weighted by atomic mass is 9.96. The van der Waals surface area contributed by atoms with E-state index >= 15 is 0 Å². The second-order valence-corrected chi connectivity index (χ2v) is 4.97. The lowest BCUT2D eigenvalue weighted by molar-refractivity contribution is 0.114. The maximum Gasteiger partial charge on any atom is 0.155 e. The van der Waals surface area contributed by atoms with Crippen LogP contribution in [-0.4, -0.2) is 28.0 Å². The first kappa shape index (κ1) is 15.2. The highest BCUT2D eigenvalue weighted by molar-refractivity contribution is 6.30. The SMILES string of the molecule is CCC(CC)C(O)CNc1nnc(Cl)c(C)c1C. The van der Waals surface area contributed by atoms with Gasteiger partial charge in [-0.2, -0.15) is 0 Å². The molecule has 1 aromatic heterocycles. The van der Waals surface area contributed by atoms with Crippen molar-refractivity contribution in [3.8, 4) is 0 Å². The molecule has 5 heteroatoms. The highest BCUT2D eigenvalue weighted by atomic mass is 35.5. The first-order valence-corrected chi connectivity index (χ1v) is 6.80. The summed E-state index contributed by atoms with van der Waals surface area (Å²) in [6.45, 7) is 8.53. The first-order chi connectivity index (χ1) is 8.51.